The van der Waals surface area contributed by atoms with E-state index in [1.54, 1.807) is 24.6 Å². The lowest BCUT2D eigenvalue weighted by molar-refractivity contribution is 0.414. The molecule has 1 aromatic carbocycles. The molecule has 26 heavy (non-hydrogen) atoms. The molecule has 3 heterocycles. The van der Waals surface area contributed by atoms with Crippen molar-refractivity contribution >= 4 is 46.0 Å². The van der Waals surface area contributed by atoms with Gasteiger partial charge in [-0.15, -0.1) is 11.3 Å². The topological polar surface area (TPSA) is 37.4 Å². The number of anilines is 1. The minimum absolute atomic E-state index is 0.0637. The summed E-state index contributed by atoms with van der Waals surface area (Å²) in [5, 5.41) is 4.07. The van der Waals surface area contributed by atoms with E-state index < -0.39 is 0 Å². The number of para-hydroxylation sites is 2. The van der Waals surface area contributed by atoms with Gasteiger partial charge in [-0.1, -0.05) is 29.8 Å². The second-order valence-electron chi connectivity index (χ2n) is 5.81. The first-order valence-corrected chi connectivity index (χ1v) is 9.68. The van der Waals surface area contributed by atoms with Crippen molar-refractivity contribution in [3.05, 3.63) is 75.7 Å². The molecule has 0 saturated carbocycles. The smallest absolute Gasteiger partial charge is 0.174 e. The zero-order valence-electron chi connectivity index (χ0n) is 13.9. The van der Waals surface area contributed by atoms with Crippen molar-refractivity contribution in [1.82, 2.24) is 10.3 Å². The number of hydrogen-bond acceptors (Lipinski definition) is 4. The fourth-order valence-electron chi connectivity index (χ4n) is 3.22. The quantitative estimate of drug-likeness (QED) is 0.624. The number of methoxy groups -OCH3 is 1. The number of nitrogens with one attached hydrogen (secondary N) is 1. The highest BCUT2D eigenvalue weighted by Gasteiger charge is 2.42. The third kappa shape index (κ3) is 3.05. The van der Waals surface area contributed by atoms with Gasteiger partial charge in [-0.05, 0) is 48.6 Å². The molecule has 0 aliphatic carbocycles. The third-order valence-electron chi connectivity index (χ3n) is 4.33. The highest BCUT2D eigenvalue weighted by molar-refractivity contribution is 7.80. The Labute approximate surface area is 166 Å². The van der Waals surface area contributed by atoms with Crippen LogP contribution in [0.3, 0.4) is 0 Å². The molecule has 0 spiro atoms. The molecule has 1 saturated heterocycles. The zero-order valence-corrected chi connectivity index (χ0v) is 16.3. The maximum atomic E-state index is 6.23. The number of thiophene rings is 1. The number of thiocarbonyl (C=S) groups is 1. The van der Waals surface area contributed by atoms with Crippen LogP contribution in [0.25, 0.3) is 0 Å². The minimum atomic E-state index is -0.0803. The molecule has 0 amide bonds. The summed E-state index contributed by atoms with van der Waals surface area (Å²) in [4.78, 5) is 7.75. The molecule has 7 heteroatoms. The molecule has 4 nitrogen and oxygen atoms in total. The van der Waals surface area contributed by atoms with E-state index in [9.17, 15) is 0 Å². The Kier molecular flexibility index (Phi) is 4.80. The highest BCUT2D eigenvalue weighted by Crippen LogP contribution is 2.46. The molecule has 1 N–H and O–H groups in total. The number of halogens is 1. The number of hydrogen-bond donors (Lipinski definition) is 1. The van der Waals surface area contributed by atoms with Crippen LogP contribution in [0, 0.1) is 0 Å². The zero-order chi connectivity index (χ0) is 18.1. The second-order valence-corrected chi connectivity index (χ2v) is 7.94. The summed E-state index contributed by atoms with van der Waals surface area (Å²) in [5.74, 6) is 0.769. The molecule has 4 rings (SSSR count). The number of rotatable bonds is 4. The fourth-order valence-corrected chi connectivity index (χ4v) is 4.75. The molecule has 2 aromatic heterocycles. The number of ether oxygens (including phenoxy) is 1. The molecule has 3 aromatic rings. The Balaban J connectivity index is 1.85. The van der Waals surface area contributed by atoms with E-state index in [0.717, 1.165) is 26.3 Å². The maximum Gasteiger partial charge on any atom is 0.174 e. The number of aromatic nitrogens is 1. The van der Waals surface area contributed by atoms with Crippen molar-refractivity contribution in [3.63, 3.8) is 0 Å². The van der Waals surface area contributed by atoms with Crippen LogP contribution in [0.15, 0.2) is 60.8 Å². The third-order valence-corrected chi connectivity index (χ3v) is 5.94. The number of pyridine rings is 1. The molecule has 1 fully saturated rings. The Hall–Kier alpha value is -2.15. The highest BCUT2D eigenvalue weighted by atomic mass is 35.5. The van der Waals surface area contributed by atoms with Crippen molar-refractivity contribution in [3.8, 4) is 5.75 Å². The lowest BCUT2D eigenvalue weighted by Gasteiger charge is -2.28. The van der Waals surface area contributed by atoms with Crippen LogP contribution in [0.5, 0.6) is 5.75 Å². The van der Waals surface area contributed by atoms with E-state index in [0.29, 0.717) is 5.11 Å². The van der Waals surface area contributed by atoms with Crippen LogP contribution in [0.4, 0.5) is 5.69 Å². The summed E-state index contributed by atoms with van der Waals surface area (Å²) >= 11 is 13.5. The van der Waals surface area contributed by atoms with E-state index in [1.165, 1.54) is 0 Å². The normalized spacial score (nSPS) is 19.5. The molecule has 0 bridgehead atoms. The molecule has 2 unspecified atom stereocenters. The van der Waals surface area contributed by atoms with Crippen molar-refractivity contribution in [2.24, 2.45) is 0 Å². The molecule has 1 aliphatic heterocycles. The number of nitrogens with zero attached hydrogens (tertiary/aromatic N) is 2. The van der Waals surface area contributed by atoms with Gasteiger partial charge in [0.1, 0.15) is 5.75 Å². The monoisotopic (exact) mass is 401 g/mol. The molecule has 0 radical (unpaired) electrons. The van der Waals surface area contributed by atoms with Crippen LogP contribution in [0.2, 0.25) is 4.34 Å². The standard InChI is InChI=1S/C19H16ClN3OS2/c1-24-14-8-3-2-7-13(14)23-18(15-9-10-16(20)26-15)17(22-19(23)25)12-6-4-5-11-21-12/h2-11,17-18H,1H3,(H,22,25). The van der Waals surface area contributed by atoms with Gasteiger partial charge in [-0.2, -0.15) is 0 Å². The average molecular weight is 402 g/mol. The Bertz CT molecular complexity index is 931. The largest absolute Gasteiger partial charge is 0.495 e. The molecule has 132 valence electrons. The van der Waals surface area contributed by atoms with Crippen LogP contribution in [0.1, 0.15) is 22.7 Å². The minimum Gasteiger partial charge on any atom is -0.495 e. The lowest BCUT2D eigenvalue weighted by atomic mass is 10.0. The summed E-state index contributed by atoms with van der Waals surface area (Å²) in [5.41, 5.74) is 1.85. The van der Waals surface area contributed by atoms with Crippen LogP contribution < -0.4 is 15.0 Å². The Morgan fingerprint density at radius 3 is 2.65 bits per heavy atom. The first-order valence-electron chi connectivity index (χ1n) is 8.08. The van der Waals surface area contributed by atoms with E-state index in [4.69, 9.17) is 28.6 Å². The summed E-state index contributed by atoms with van der Waals surface area (Å²) in [6.45, 7) is 0. The molecular formula is C19H16ClN3OS2. The van der Waals surface area contributed by atoms with Gasteiger partial charge in [0.15, 0.2) is 5.11 Å². The summed E-state index contributed by atoms with van der Waals surface area (Å²) < 4.78 is 6.32. The van der Waals surface area contributed by atoms with Gasteiger partial charge in [0, 0.05) is 11.1 Å². The van der Waals surface area contributed by atoms with Gasteiger partial charge in [-0.3, -0.25) is 4.98 Å². The van der Waals surface area contributed by atoms with Crippen molar-refractivity contribution < 1.29 is 4.74 Å². The Morgan fingerprint density at radius 2 is 1.96 bits per heavy atom. The van der Waals surface area contributed by atoms with Crippen molar-refractivity contribution in [2.45, 2.75) is 12.1 Å². The fraction of sp³-hybridized carbons (Fsp3) is 0.158. The molecule has 1 aliphatic rings. The molecular weight excluding hydrogens is 386 g/mol. The predicted octanol–water partition coefficient (Wildman–Crippen LogP) is 4.98. The van der Waals surface area contributed by atoms with Crippen LogP contribution in [-0.2, 0) is 0 Å². The molecule has 2 atom stereocenters. The summed E-state index contributed by atoms with van der Waals surface area (Å²) in [7, 11) is 1.67. The SMILES string of the molecule is COc1ccccc1N1C(=S)NC(c2ccccn2)C1c1ccc(Cl)s1. The van der Waals surface area contributed by atoms with Crippen molar-refractivity contribution in [2.75, 3.05) is 12.0 Å². The van der Waals surface area contributed by atoms with E-state index in [-0.39, 0.29) is 12.1 Å². The van der Waals surface area contributed by atoms with E-state index in [1.807, 2.05) is 54.6 Å². The number of benzene rings is 1. The van der Waals surface area contributed by atoms with Gasteiger partial charge >= 0.3 is 0 Å². The average Bonchev–Trinajstić information content (AvgIpc) is 3.25. The van der Waals surface area contributed by atoms with Crippen molar-refractivity contribution in [1.29, 1.82) is 0 Å². The lowest BCUT2D eigenvalue weighted by Crippen LogP contribution is -2.29. The van der Waals surface area contributed by atoms with Gasteiger partial charge < -0.3 is 15.0 Å². The first kappa shape index (κ1) is 17.3. The first-order chi connectivity index (χ1) is 12.7. The van der Waals surface area contributed by atoms with Gasteiger partial charge in [0.25, 0.3) is 0 Å². The summed E-state index contributed by atoms with van der Waals surface area (Å²) in [6.07, 6.45) is 1.80. The van der Waals surface area contributed by atoms with Crippen LogP contribution >= 0.6 is 35.2 Å². The summed E-state index contributed by atoms with van der Waals surface area (Å²) in [6, 6.07) is 17.6. The predicted molar refractivity (Wildman–Crippen MR) is 110 cm³/mol. The van der Waals surface area contributed by atoms with E-state index in [2.05, 4.69) is 15.2 Å². The van der Waals surface area contributed by atoms with Gasteiger partial charge in [-0.25, -0.2) is 0 Å². The van der Waals surface area contributed by atoms with E-state index >= 15 is 0 Å². The second kappa shape index (κ2) is 7.23. The van der Waals surface area contributed by atoms with Gasteiger partial charge in [0.2, 0.25) is 0 Å². The Morgan fingerprint density at radius 1 is 1.15 bits per heavy atom. The van der Waals surface area contributed by atoms with Crippen LogP contribution in [-0.4, -0.2) is 17.2 Å². The van der Waals surface area contributed by atoms with Gasteiger partial charge in [0.05, 0.1) is 34.9 Å². The maximum absolute atomic E-state index is 6.23.